The van der Waals surface area contributed by atoms with Crippen molar-refractivity contribution in [2.45, 2.75) is 0 Å². The standard InChI is InChI=1S/C9H9NO3/c11-10-6-7-2-1-3-8-9(7)13-5-4-12-8/h1-3,6,11H,4-5H2/b10-6+. The fourth-order valence-electron chi connectivity index (χ4n) is 1.26. The minimum atomic E-state index is 0.531. The molecule has 0 aromatic heterocycles. The maximum atomic E-state index is 8.39. The first-order chi connectivity index (χ1) is 6.42. The number of nitrogens with zero attached hydrogens (tertiary/aromatic N) is 1. The molecular formula is C9H9NO3. The fraction of sp³-hybridized carbons (Fsp3) is 0.222. The van der Waals surface area contributed by atoms with Crippen molar-refractivity contribution >= 4 is 6.21 Å². The molecule has 0 aliphatic carbocycles. The summed E-state index contributed by atoms with van der Waals surface area (Å²) in [5.41, 5.74) is 0.722. The number of para-hydroxylation sites is 1. The Hall–Kier alpha value is -1.71. The minimum absolute atomic E-state index is 0.531. The van der Waals surface area contributed by atoms with Crippen LogP contribution in [0.2, 0.25) is 0 Å². The van der Waals surface area contributed by atoms with Gasteiger partial charge in [0.1, 0.15) is 13.2 Å². The SMILES string of the molecule is O/N=C/c1cccc2c1OCCO2. The van der Waals surface area contributed by atoms with Gasteiger partial charge in [0.05, 0.1) is 6.21 Å². The molecule has 0 atom stereocenters. The summed E-state index contributed by atoms with van der Waals surface area (Å²) in [4.78, 5) is 0. The Morgan fingerprint density at radius 2 is 2.15 bits per heavy atom. The van der Waals surface area contributed by atoms with Crippen molar-refractivity contribution in [2.75, 3.05) is 13.2 Å². The van der Waals surface area contributed by atoms with Gasteiger partial charge in [-0.15, -0.1) is 0 Å². The molecule has 13 heavy (non-hydrogen) atoms. The Morgan fingerprint density at radius 1 is 1.31 bits per heavy atom. The molecule has 68 valence electrons. The molecule has 0 unspecified atom stereocenters. The molecule has 0 fully saturated rings. The summed E-state index contributed by atoms with van der Waals surface area (Å²) >= 11 is 0. The van der Waals surface area contributed by atoms with Crippen molar-refractivity contribution in [3.63, 3.8) is 0 Å². The molecule has 4 heteroatoms. The summed E-state index contributed by atoms with van der Waals surface area (Å²) in [5, 5.41) is 11.3. The first-order valence-electron chi connectivity index (χ1n) is 3.98. The molecule has 1 aliphatic rings. The largest absolute Gasteiger partial charge is 0.486 e. The molecule has 1 N–H and O–H groups in total. The van der Waals surface area contributed by atoms with E-state index in [4.69, 9.17) is 14.7 Å². The number of rotatable bonds is 1. The number of benzene rings is 1. The van der Waals surface area contributed by atoms with Gasteiger partial charge in [0.15, 0.2) is 11.5 Å². The first-order valence-corrected chi connectivity index (χ1v) is 3.98. The third-order valence-corrected chi connectivity index (χ3v) is 1.79. The van der Waals surface area contributed by atoms with Gasteiger partial charge in [0, 0.05) is 5.56 Å². The fourth-order valence-corrected chi connectivity index (χ4v) is 1.26. The van der Waals surface area contributed by atoms with Gasteiger partial charge in [0.2, 0.25) is 0 Å². The lowest BCUT2D eigenvalue weighted by Crippen LogP contribution is -2.16. The maximum Gasteiger partial charge on any atom is 0.170 e. The Labute approximate surface area is 75.4 Å². The van der Waals surface area contributed by atoms with Crippen LogP contribution in [0.15, 0.2) is 23.4 Å². The van der Waals surface area contributed by atoms with Crippen LogP contribution in [0.4, 0.5) is 0 Å². The topological polar surface area (TPSA) is 51.1 Å². The molecule has 1 heterocycles. The number of oxime groups is 1. The average Bonchev–Trinajstić information content (AvgIpc) is 2.19. The minimum Gasteiger partial charge on any atom is -0.486 e. The van der Waals surface area contributed by atoms with Crippen LogP contribution in [0.3, 0.4) is 0 Å². The van der Waals surface area contributed by atoms with Crippen LogP contribution in [0.1, 0.15) is 5.56 Å². The molecule has 0 saturated heterocycles. The predicted octanol–water partition coefficient (Wildman–Crippen LogP) is 1.27. The second kappa shape index (κ2) is 3.35. The van der Waals surface area contributed by atoms with Crippen LogP contribution >= 0.6 is 0 Å². The van der Waals surface area contributed by atoms with Crippen LogP contribution in [0.5, 0.6) is 11.5 Å². The van der Waals surface area contributed by atoms with Gasteiger partial charge in [-0.3, -0.25) is 0 Å². The normalized spacial score (nSPS) is 14.8. The van der Waals surface area contributed by atoms with E-state index in [1.165, 1.54) is 6.21 Å². The van der Waals surface area contributed by atoms with Gasteiger partial charge < -0.3 is 14.7 Å². The second-order valence-electron chi connectivity index (χ2n) is 2.62. The lowest BCUT2D eigenvalue weighted by Gasteiger charge is -2.19. The van der Waals surface area contributed by atoms with E-state index < -0.39 is 0 Å². The lowest BCUT2D eigenvalue weighted by molar-refractivity contribution is 0.171. The van der Waals surface area contributed by atoms with Gasteiger partial charge in [-0.25, -0.2) is 0 Å². The highest BCUT2D eigenvalue weighted by Gasteiger charge is 2.13. The first kappa shape index (κ1) is 7.91. The van der Waals surface area contributed by atoms with E-state index in [9.17, 15) is 0 Å². The Balaban J connectivity index is 2.45. The second-order valence-corrected chi connectivity index (χ2v) is 2.62. The van der Waals surface area contributed by atoms with Crippen LogP contribution in [0, 0.1) is 0 Å². The van der Waals surface area contributed by atoms with Gasteiger partial charge in [-0.1, -0.05) is 11.2 Å². The van der Waals surface area contributed by atoms with Gasteiger partial charge in [-0.05, 0) is 12.1 Å². The number of hydrogen-bond donors (Lipinski definition) is 1. The molecule has 0 spiro atoms. The van der Waals surface area contributed by atoms with E-state index in [1.807, 2.05) is 12.1 Å². The molecule has 0 amide bonds. The average molecular weight is 179 g/mol. The van der Waals surface area contributed by atoms with E-state index in [2.05, 4.69) is 5.16 Å². The highest BCUT2D eigenvalue weighted by Crippen LogP contribution is 2.32. The highest BCUT2D eigenvalue weighted by atomic mass is 16.6. The van der Waals surface area contributed by atoms with Crippen molar-refractivity contribution in [3.8, 4) is 11.5 Å². The maximum absolute atomic E-state index is 8.39. The van der Waals surface area contributed by atoms with Gasteiger partial charge in [-0.2, -0.15) is 0 Å². The van der Waals surface area contributed by atoms with Crippen molar-refractivity contribution in [1.82, 2.24) is 0 Å². The zero-order valence-corrected chi connectivity index (χ0v) is 6.93. The third kappa shape index (κ3) is 1.42. The molecule has 0 radical (unpaired) electrons. The highest BCUT2D eigenvalue weighted by molar-refractivity contribution is 5.84. The van der Waals surface area contributed by atoms with E-state index in [1.54, 1.807) is 6.07 Å². The molecule has 0 saturated carbocycles. The summed E-state index contributed by atoms with van der Waals surface area (Å²) < 4.78 is 10.7. The molecule has 1 aliphatic heterocycles. The smallest absolute Gasteiger partial charge is 0.170 e. The molecule has 0 bridgehead atoms. The molecule has 1 aromatic carbocycles. The van der Waals surface area contributed by atoms with Crippen LogP contribution in [0.25, 0.3) is 0 Å². The monoisotopic (exact) mass is 179 g/mol. The van der Waals surface area contributed by atoms with E-state index in [0.29, 0.717) is 24.7 Å². The van der Waals surface area contributed by atoms with Gasteiger partial charge in [0.25, 0.3) is 0 Å². The predicted molar refractivity (Wildman–Crippen MR) is 46.8 cm³/mol. The third-order valence-electron chi connectivity index (χ3n) is 1.79. The number of fused-ring (bicyclic) bond motifs is 1. The van der Waals surface area contributed by atoms with Crippen LogP contribution in [-0.4, -0.2) is 24.6 Å². The van der Waals surface area contributed by atoms with Crippen molar-refractivity contribution < 1.29 is 14.7 Å². The summed E-state index contributed by atoms with van der Waals surface area (Å²) in [7, 11) is 0. The zero-order valence-electron chi connectivity index (χ0n) is 6.93. The molecule has 1 aromatic rings. The number of ether oxygens (including phenoxy) is 2. The summed E-state index contributed by atoms with van der Waals surface area (Å²) in [6.07, 6.45) is 1.33. The van der Waals surface area contributed by atoms with Crippen molar-refractivity contribution in [3.05, 3.63) is 23.8 Å². The molecule has 2 rings (SSSR count). The van der Waals surface area contributed by atoms with E-state index >= 15 is 0 Å². The Bertz CT molecular complexity index is 336. The Kier molecular flexibility index (Phi) is 2.04. The van der Waals surface area contributed by atoms with Crippen LogP contribution in [-0.2, 0) is 0 Å². The number of hydrogen-bond acceptors (Lipinski definition) is 4. The zero-order chi connectivity index (χ0) is 9.10. The van der Waals surface area contributed by atoms with E-state index in [-0.39, 0.29) is 0 Å². The quantitative estimate of drug-likeness (QED) is 0.401. The van der Waals surface area contributed by atoms with Crippen molar-refractivity contribution in [2.24, 2.45) is 5.16 Å². The summed E-state index contributed by atoms with van der Waals surface area (Å²) in [6, 6.07) is 5.45. The van der Waals surface area contributed by atoms with Gasteiger partial charge >= 0.3 is 0 Å². The summed E-state index contributed by atoms with van der Waals surface area (Å²) in [6.45, 7) is 1.09. The Morgan fingerprint density at radius 3 is 3.00 bits per heavy atom. The lowest BCUT2D eigenvalue weighted by atomic mass is 10.2. The van der Waals surface area contributed by atoms with Crippen LogP contribution < -0.4 is 9.47 Å². The molecule has 4 nitrogen and oxygen atoms in total. The molecular weight excluding hydrogens is 170 g/mol. The van der Waals surface area contributed by atoms with E-state index in [0.717, 1.165) is 5.56 Å². The summed E-state index contributed by atoms with van der Waals surface area (Å²) in [5.74, 6) is 1.34. The van der Waals surface area contributed by atoms with Crippen molar-refractivity contribution in [1.29, 1.82) is 0 Å².